The van der Waals surface area contributed by atoms with E-state index >= 15 is 0 Å². The van der Waals surface area contributed by atoms with Crippen molar-refractivity contribution in [2.24, 2.45) is 5.92 Å². The Morgan fingerprint density at radius 3 is 2.17 bits per heavy atom. The van der Waals surface area contributed by atoms with Gasteiger partial charge < -0.3 is 10.4 Å². The first kappa shape index (κ1) is 14.7. The molecule has 0 bridgehead atoms. The molecule has 18 heavy (non-hydrogen) atoms. The Labute approximate surface area is 98.1 Å². The fourth-order valence-corrected chi connectivity index (χ4v) is 1.77. The summed E-state index contributed by atoms with van der Waals surface area (Å²) in [7, 11) is 0. The van der Waals surface area contributed by atoms with Crippen LogP contribution >= 0.6 is 0 Å². The molecule has 0 aromatic rings. The minimum atomic E-state index is -5.16. The van der Waals surface area contributed by atoms with Gasteiger partial charge in [0.05, 0.1) is 6.42 Å². The van der Waals surface area contributed by atoms with Gasteiger partial charge in [-0.25, -0.2) is 8.78 Å². The van der Waals surface area contributed by atoms with E-state index in [1.165, 1.54) is 5.32 Å². The second-order valence-corrected chi connectivity index (χ2v) is 4.20. The standard InChI is InChI=1S/C9H10F5NO3/c10-8(11)2-4(3-8)5(1-6(16)17)15-7(18)9(12,13)14/h4-5H,1-3H2,(H,15,18)(H,16,17). The molecule has 1 fully saturated rings. The van der Waals surface area contributed by atoms with Gasteiger partial charge >= 0.3 is 18.1 Å². The van der Waals surface area contributed by atoms with E-state index in [9.17, 15) is 31.5 Å². The van der Waals surface area contributed by atoms with E-state index in [2.05, 4.69) is 0 Å². The molecular formula is C9H10F5NO3. The number of carboxylic acid groups (broad SMARTS) is 1. The third-order valence-electron chi connectivity index (χ3n) is 2.66. The summed E-state index contributed by atoms with van der Waals surface area (Å²) < 4.78 is 61.1. The molecule has 0 aromatic heterocycles. The minimum absolute atomic E-state index is 0.719. The van der Waals surface area contributed by atoms with Crippen molar-refractivity contribution in [1.82, 2.24) is 5.32 Å². The van der Waals surface area contributed by atoms with Crippen LogP contribution in [0.1, 0.15) is 19.3 Å². The number of halogens is 5. The van der Waals surface area contributed by atoms with E-state index in [1.54, 1.807) is 0 Å². The van der Waals surface area contributed by atoms with Crippen molar-refractivity contribution in [2.75, 3.05) is 0 Å². The van der Waals surface area contributed by atoms with Crippen molar-refractivity contribution >= 4 is 11.9 Å². The summed E-state index contributed by atoms with van der Waals surface area (Å²) in [6, 6.07) is -1.43. The first-order valence-electron chi connectivity index (χ1n) is 4.98. The zero-order chi connectivity index (χ0) is 14.1. The number of hydrogen-bond acceptors (Lipinski definition) is 2. The highest BCUT2D eigenvalue weighted by molar-refractivity contribution is 5.82. The first-order valence-corrected chi connectivity index (χ1v) is 4.98. The lowest BCUT2D eigenvalue weighted by Gasteiger charge is -2.39. The molecule has 1 amide bonds. The van der Waals surface area contributed by atoms with Crippen molar-refractivity contribution in [3.05, 3.63) is 0 Å². The fraction of sp³-hybridized carbons (Fsp3) is 0.778. The van der Waals surface area contributed by atoms with Crippen molar-refractivity contribution in [3.8, 4) is 0 Å². The Bertz CT molecular complexity index is 347. The lowest BCUT2D eigenvalue weighted by atomic mass is 9.75. The number of carbonyl (C=O) groups is 2. The van der Waals surface area contributed by atoms with Gasteiger partial charge in [-0.05, 0) is 5.92 Å². The monoisotopic (exact) mass is 275 g/mol. The Morgan fingerprint density at radius 1 is 1.33 bits per heavy atom. The smallest absolute Gasteiger partial charge is 0.471 e. The number of aliphatic carboxylic acids is 1. The van der Waals surface area contributed by atoms with E-state index in [-0.39, 0.29) is 0 Å². The number of hydrogen-bond donors (Lipinski definition) is 2. The molecule has 1 aliphatic carbocycles. The fourth-order valence-electron chi connectivity index (χ4n) is 1.77. The van der Waals surface area contributed by atoms with Gasteiger partial charge in [0.25, 0.3) is 0 Å². The Hall–Kier alpha value is -1.41. The van der Waals surface area contributed by atoms with Crippen molar-refractivity contribution < 1.29 is 36.6 Å². The van der Waals surface area contributed by atoms with Gasteiger partial charge in [-0.15, -0.1) is 0 Å². The maximum Gasteiger partial charge on any atom is 0.471 e. The van der Waals surface area contributed by atoms with Crippen molar-refractivity contribution in [1.29, 1.82) is 0 Å². The average Bonchev–Trinajstić information content (AvgIpc) is 2.10. The van der Waals surface area contributed by atoms with E-state index in [0.29, 0.717) is 0 Å². The van der Waals surface area contributed by atoms with Gasteiger partial charge in [0, 0.05) is 18.9 Å². The second-order valence-electron chi connectivity index (χ2n) is 4.20. The molecule has 9 heteroatoms. The molecule has 0 aliphatic heterocycles. The van der Waals surface area contributed by atoms with Crippen molar-refractivity contribution in [3.63, 3.8) is 0 Å². The molecule has 4 nitrogen and oxygen atoms in total. The maximum absolute atomic E-state index is 12.6. The van der Waals surface area contributed by atoms with E-state index in [4.69, 9.17) is 5.11 Å². The van der Waals surface area contributed by atoms with Crippen LogP contribution < -0.4 is 5.32 Å². The molecule has 2 N–H and O–H groups in total. The summed E-state index contributed by atoms with van der Waals surface area (Å²) in [6.07, 6.45) is -7.42. The van der Waals surface area contributed by atoms with Gasteiger partial charge in [0.2, 0.25) is 5.92 Å². The molecule has 0 aromatic carbocycles. The van der Waals surface area contributed by atoms with E-state index in [1.807, 2.05) is 0 Å². The van der Waals surface area contributed by atoms with Crippen LogP contribution in [0.4, 0.5) is 22.0 Å². The van der Waals surface area contributed by atoms with Crippen LogP contribution in [0.25, 0.3) is 0 Å². The topological polar surface area (TPSA) is 66.4 Å². The average molecular weight is 275 g/mol. The SMILES string of the molecule is O=C(O)CC(NC(=O)C(F)(F)F)C1CC(F)(F)C1. The Balaban J connectivity index is 2.63. The van der Waals surface area contributed by atoms with Crippen LogP contribution in [0, 0.1) is 5.92 Å². The summed E-state index contributed by atoms with van der Waals surface area (Å²) in [6.45, 7) is 0. The summed E-state index contributed by atoms with van der Waals surface area (Å²) in [4.78, 5) is 21.1. The molecule has 1 saturated carbocycles. The number of amides is 1. The van der Waals surface area contributed by atoms with Crippen LogP contribution in [-0.4, -0.2) is 35.1 Å². The zero-order valence-electron chi connectivity index (χ0n) is 8.93. The molecule has 1 unspecified atom stereocenters. The number of rotatable bonds is 4. The molecule has 0 heterocycles. The van der Waals surface area contributed by atoms with Gasteiger partial charge in [-0.1, -0.05) is 0 Å². The molecule has 0 saturated heterocycles. The Kier molecular flexibility index (Phi) is 3.82. The lowest BCUT2D eigenvalue weighted by molar-refractivity contribution is -0.177. The predicted octanol–water partition coefficient (Wildman–Crippen LogP) is 1.55. The molecular weight excluding hydrogens is 265 g/mol. The van der Waals surface area contributed by atoms with Crippen LogP contribution in [0.15, 0.2) is 0 Å². The van der Waals surface area contributed by atoms with E-state index < -0.39 is 55.2 Å². The normalized spacial score (nSPS) is 20.9. The molecule has 1 rings (SSSR count). The minimum Gasteiger partial charge on any atom is -0.481 e. The number of nitrogens with one attached hydrogen (secondary N) is 1. The van der Waals surface area contributed by atoms with Crippen LogP contribution in [-0.2, 0) is 9.59 Å². The highest BCUT2D eigenvalue weighted by Gasteiger charge is 2.50. The largest absolute Gasteiger partial charge is 0.481 e. The summed E-state index contributed by atoms with van der Waals surface area (Å²) in [5, 5.41) is 9.93. The van der Waals surface area contributed by atoms with Gasteiger partial charge in [0.1, 0.15) is 0 Å². The molecule has 1 aliphatic rings. The van der Waals surface area contributed by atoms with Crippen LogP contribution in [0.3, 0.4) is 0 Å². The molecule has 1 atom stereocenters. The van der Waals surface area contributed by atoms with Crippen LogP contribution in [0.2, 0.25) is 0 Å². The van der Waals surface area contributed by atoms with Crippen molar-refractivity contribution in [2.45, 2.75) is 37.4 Å². The summed E-state index contributed by atoms with van der Waals surface area (Å²) >= 11 is 0. The van der Waals surface area contributed by atoms with Crippen LogP contribution in [0.5, 0.6) is 0 Å². The van der Waals surface area contributed by atoms with Gasteiger partial charge in [-0.3, -0.25) is 9.59 Å². The highest BCUT2D eigenvalue weighted by atomic mass is 19.4. The second kappa shape index (κ2) is 4.69. The van der Waals surface area contributed by atoms with E-state index in [0.717, 1.165) is 0 Å². The summed E-state index contributed by atoms with van der Waals surface area (Å²) in [5.74, 6) is -7.73. The molecule has 0 spiro atoms. The van der Waals surface area contributed by atoms with Gasteiger partial charge in [-0.2, -0.15) is 13.2 Å². The zero-order valence-corrected chi connectivity index (χ0v) is 8.93. The third-order valence-corrected chi connectivity index (χ3v) is 2.66. The Morgan fingerprint density at radius 2 is 1.83 bits per heavy atom. The third kappa shape index (κ3) is 3.81. The number of carboxylic acids is 1. The molecule has 104 valence electrons. The maximum atomic E-state index is 12.6. The number of carbonyl (C=O) groups excluding carboxylic acids is 1. The molecule has 0 radical (unpaired) electrons. The summed E-state index contributed by atoms with van der Waals surface area (Å²) in [5.41, 5.74) is 0. The number of alkyl halides is 5. The predicted molar refractivity (Wildman–Crippen MR) is 47.9 cm³/mol. The first-order chi connectivity index (χ1) is 8.01. The van der Waals surface area contributed by atoms with Gasteiger partial charge in [0.15, 0.2) is 0 Å². The highest BCUT2D eigenvalue weighted by Crippen LogP contribution is 2.44. The lowest BCUT2D eigenvalue weighted by Crippen LogP contribution is -2.53. The quantitative estimate of drug-likeness (QED) is 0.765.